The number of nitrogens with one attached hydrogen (secondary N) is 1. The van der Waals surface area contributed by atoms with Gasteiger partial charge in [0.2, 0.25) is 0 Å². The van der Waals surface area contributed by atoms with Gasteiger partial charge in [0.15, 0.2) is 5.96 Å². The molecule has 0 spiro atoms. The Labute approximate surface area is 144 Å². The minimum absolute atomic E-state index is 0.896. The van der Waals surface area contributed by atoms with Crippen LogP contribution < -0.4 is 5.32 Å². The van der Waals surface area contributed by atoms with Crippen molar-refractivity contribution >= 4 is 17.3 Å². The third kappa shape index (κ3) is 4.46. The van der Waals surface area contributed by atoms with Gasteiger partial charge in [0.25, 0.3) is 0 Å². The second-order valence-electron chi connectivity index (χ2n) is 6.93. The highest BCUT2D eigenvalue weighted by Crippen LogP contribution is 2.35. The molecule has 23 heavy (non-hydrogen) atoms. The van der Waals surface area contributed by atoms with E-state index < -0.39 is 0 Å². The number of guanidine groups is 1. The first-order valence-corrected chi connectivity index (χ1v) is 10.1. The van der Waals surface area contributed by atoms with Crippen LogP contribution in [0.15, 0.2) is 10.4 Å². The molecule has 2 atom stereocenters. The van der Waals surface area contributed by atoms with Crippen LogP contribution in [-0.2, 0) is 6.42 Å². The Balaban J connectivity index is 1.51. The number of aliphatic imine (C=N–C) groups is 1. The second-order valence-corrected chi connectivity index (χ2v) is 7.87. The highest BCUT2D eigenvalue weighted by molar-refractivity contribution is 7.09. The highest BCUT2D eigenvalue weighted by Gasteiger charge is 2.35. The van der Waals surface area contributed by atoms with Crippen molar-refractivity contribution in [2.24, 2.45) is 16.8 Å². The number of hydrogen-bond acceptors (Lipinski definition) is 3. The molecule has 5 heteroatoms. The number of likely N-dealkylation sites (tertiary alicyclic amines) is 1. The Morgan fingerprint density at radius 3 is 2.70 bits per heavy atom. The Bertz CT molecular complexity index is 511. The van der Waals surface area contributed by atoms with Gasteiger partial charge < -0.3 is 10.2 Å². The normalized spacial score (nSPS) is 24.8. The summed E-state index contributed by atoms with van der Waals surface area (Å²) in [6.45, 7) is 8.50. The smallest absolute Gasteiger partial charge is 0.193 e. The van der Waals surface area contributed by atoms with Gasteiger partial charge in [-0.25, -0.2) is 4.98 Å². The van der Waals surface area contributed by atoms with Gasteiger partial charge in [-0.2, -0.15) is 0 Å². The summed E-state index contributed by atoms with van der Waals surface area (Å²) >= 11 is 1.77. The van der Waals surface area contributed by atoms with Gasteiger partial charge in [-0.3, -0.25) is 4.99 Å². The zero-order valence-electron chi connectivity index (χ0n) is 14.6. The number of fused-ring (bicyclic) bond motifs is 1. The molecule has 1 aliphatic heterocycles. The molecular formula is C18H30N4S. The van der Waals surface area contributed by atoms with Crippen molar-refractivity contribution in [2.75, 3.05) is 26.2 Å². The maximum Gasteiger partial charge on any atom is 0.193 e. The van der Waals surface area contributed by atoms with E-state index in [2.05, 4.69) is 34.4 Å². The van der Waals surface area contributed by atoms with E-state index in [1.807, 2.05) is 0 Å². The summed E-state index contributed by atoms with van der Waals surface area (Å²) in [5, 5.41) is 6.88. The first-order chi connectivity index (χ1) is 11.3. The number of hydrogen-bond donors (Lipinski definition) is 1. The lowest BCUT2D eigenvalue weighted by Gasteiger charge is -2.22. The average Bonchev–Trinajstić information content (AvgIpc) is 3.16. The van der Waals surface area contributed by atoms with Gasteiger partial charge in [0, 0.05) is 43.7 Å². The monoisotopic (exact) mass is 334 g/mol. The fraction of sp³-hybridized carbons (Fsp3) is 0.778. The minimum atomic E-state index is 0.896. The zero-order chi connectivity index (χ0) is 16.1. The summed E-state index contributed by atoms with van der Waals surface area (Å²) in [5.74, 6) is 2.95. The van der Waals surface area contributed by atoms with Gasteiger partial charge in [-0.15, -0.1) is 11.3 Å². The van der Waals surface area contributed by atoms with Gasteiger partial charge in [0.05, 0.1) is 5.01 Å². The van der Waals surface area contributed by atoms with E-state index in [0.29, 0.717) is 0 Å². The van der Waals surface area contributed by atoms with Crippen LogP contribution in [0.25, 0.3) is 0 Å². The molecular weight excluding hydrogens is 304 g/mol. The van der Waals surface area contributed by atoms with E-state index in [1.165, 1.54) is 43.8 Å². The SMILES string of the molecule is CCNC(=NCCCc1nc(C)cs1)N1CC2CCCCC2C1. The van der Waals surface area contributed by atoms with E-state index in [-0.39, 0.29) is 0 Å². The summed E-state index contributed by atoms with van der Waals surface area (Å²) < 4.78 is 0. The minimum Gasteiger partial charge on any atom is -0.357 e. The molecule has 128 valence electrons. The number of aryl methyl sites for hydroxylation is 2. The van der Waals surface area contributed by atoms with E-state index in [9.17, 15) is 0 Å². The molecule has 0 radical (unpaired) electrons. The molecule has 2 heterocycles. The summed E-state index contributed by atoms with van der Waals surface area (Å²) in [4.78, 5) is 11.9. The van der Waals surface area contributed by atoms with Gasteiger partial charge >= 0.3 is 0 Å². The lowest BCUT2D eigenvalue weighted by Crippen LogP contribution is -2.40. The molecule has 4 nitrogen and oxygen atoms in total. The van der Waals surface area contributed by atoms with Crippen molar-refractivity contribution in [2.45, 2.75) is 52.4 Å². The van der Waals surface area contributed by atoms with Crippen LogP contribution in [0.2, 0.25) is 0 Å². The molecule has 0 bridgehead atoms. The maximum absolute atomic E-state index is 4.88. The third-order valence-corrected chi connectivity index (χ3v) is 6.11. The molecule has 1 N–H and O–H groups in total. The Kier molecular flexibility index (Phi) is 5.92. The standard InChI is InChI=1S/C18H30N4S/c1-3-19-18(20-10-6-9-17-21-14(2)13-23-17)22-11-15-7-4-5-8-16(15)12-22/h13,15-16H,3-12H2,1-2H3,(H,19,20). The Morgan fingerprint density at radius 2 is 2.09 bits per heavy atom. The van der Waals surface area contributed by atoms with E-state index in [1.54, 1.807) is 11.3 Å². The fourth-order valence-electron chi connectivity index (χ4n) is 3.94. The van der Waals surface area contributed by atoms with Crippen LogP contribution in [-0.4, -0.2) is 42.0 Å². The molecule has 0 aromatic carbocycles. The quantitative estimate of drug-likeness (QED) is 0.509. The lowest BCUT2D eigenvalue weighted by atomic mass is 9.82. The van der Waals surface area contributed by atoms with Crippen LogP contribution in [0, 0.1) is 18.8 Å². The van der Waals surface area contributed by atoms with Gasteiger partial charge in [0.1, 0.15) is 0 Å². The number of aromatic nitrogens is 1. The lowest BCUT2D eigenvalue weighted by molar-refractivity contribution is 0.299. The molecule has 1 aliphatic carbocycles. The second kappa shape index (κ2) is 8.13. The Morgan fingerprint density at radius 1 is 1.35 bits per heavy atom. The molecule has 3 rings (SSSR count). The van der Waals surface area contributed by atoms with E-state index in [0.717, 1.165) is 49.4 Å². The third-order valence-electron chi connectivity index (χ3n) is 5.09. The predicted octanol–water partition coefficient (Wildman–Crippen LogP) is 3.47. The van der Waals surface area contributed by atoms with E-state index >= 15 is 0 Å². The van der Waals surface area contributed by atoms with Crippen LogP contribution in [0.3, 0.4) is 0 Å². The maximum atomic E-state index is 4.88. The topological polar surface area (TPSA) is 40.5 Å². The molecule has 1 aromatic heterocycles. The van der Waals surface area contributed by atoms with Crippen molar-refractivity contribution in [3.63, 3.8) is 0 Å². The number of rotatable bonds is 5. The summed E-state index contributed by atoms with van der Waals surface area (Å²) in [7, 11) is 0. The summed E-state index contributed by atoms with van der Waals surface area (Å²) in [6.07, 6.45) is 7.83. The first kappa shape index (κ1) is 16.7. The number of nitrogens with zero attached hydrogens (tertiary/aromatic N) is 3. The molecule has 1 aromatic rings. The van der Waals surface area contributed by atoms with Crippen LogP contribution in [0.4, 0.5) is 0 Å². The number of thiazole rings is 1. The van der Waals surface area contributed by atoms with Crippen LogP contribution in [0.5, 0.6) is 0 Å². The van der Waals surface area contributed by atoms with Gasteiger partial charge in [-0.05, 0) is 44.9 Å². The van der Waals surface area contributed by atoms with E-state index in [4.69, 9.17) is 4.99 Å². The fourth-order valence-corrected chi connectivity index (χ4v) is 4.76. The molecule has 2 fully saturated rings. The summed E-state index contributed by atoms with van der Waals surface area (Å²) in [5.41, 5.74) is 1.14. The highest BCUT2D eigenvalue weighted by atomic mass is 32.1. The summed E-state index contributed by atoms with van der Waals surface area (Å²) in [6, 6.07) is 0. The zero-order valence-corrected chi connectivity index (χ0v) is 15.4. The van der Waals surface area contributed by atoms with Crippen LogP contribution >= 0.6 is 11.3 Å². The molecule has 2 unspecified atom stereocenters. The van der Waals surface area contributed by atoms with Gasteiger partial charge in [-0.1, -0.05) is 12.8 Å². The first-order valence-electron chi connectivity index (χ1n) is 9.20. The van der Waals surface area contributed by atoms with Crippen molar-refractivity contribution in [3.05, 3.63) is 16.1 Å². The molecule has 1 saturated carbocycles. The largest absolute Gasteiger partial charge is 0.357 e. The van der Waals surface area contributed by atoms with Crippen molar-refractivity contribution in [1.29, 1.82) is 0 Å². The molecule has 2 aliphatic rings. The Hall–Kier alpha value is -1.10. The van der Waals surface area contributed by atoms with Crippen molar-refractivity contribution in [3.8, 4) is 0 Å². The van der Waals surface area contributed by atoms with Crippen molar-refractivity contribution < 1.29 is 0 Å². The van der Waals surface area contributed by atoms with Crippen LogP contribution in [0.1, 0.15) is 49.7 Å². The van der Waals surface area contributed by atoms with Crippen molar-refractivity contribution in [1.82, 2.24) is 15.2 Å². The average molecular weight is 335 g/mol. The molecule has 1 saturated heterocycles. The molecule has 0 amide bonds. The predicted molar refractivity (Wildman–Crippen MR) is 98.2 cm³/mol.